The minimum absolute atomic E-state index is 0.0853. The molecule has 0 radical (unpaired) electrons. The molecular formula is C11H12N4O2S. The highest BCUT2D eigenvalue weighted by atomic mass is 32.1. The SMILES string of the molecule is Nc1nc2c(N3CCCC3)ccc([N+](=O)[O-])c2s1. The molecule has 0 aliphatic carbocycles. The van der Waals surface area contributed by atoms with Crippen molar-refractivity contribution in [3.05, 3.63) is 22.2 Å². The van der Waals surface area contributed by atoms with Crippen LogP contribution in [-0.2, 0) is 0 Å². The van der Waals surface area contributed by atoms with Gasteiger partial charge in [0.1, 0.15) is 10.2 Å². The molecule has 0 spiro atoms. The van der Waals surface area contributed by atoms with Crippen molar-refractivity contribution in [3.63, 3.8) is 0 Å². The van der Waals surface area contributed by atoms with Crippen LogP contribution in [0.15, 0.2) is 12.1 Å². The number of hydrogen-bond donors (Lipinski definition) is 1. The molecule has 1 aliphatic heterocycles. The maximum Gasteiger partial charge on any atom is 0.288 e. The third-order valence-corrected chi connectivity index (χ3v) is 4.07. The highest BCUT2D eigenvalue weighted by Gasteiger charge is 2.22. The van der Waals surface area contributed by atoms with Crippen molar-refractivity contribution in [1.82, 2.24) is 4.98 Å². The van der Waals surface area contributed by atoms with Crippen LogP contribution in [0, 0.1) is 10.1 Å². The first-order valence-corrected chi connectivity index (χ1v) is 6.57. The van der Waals surface area contributed by atoms with Gasteiger partial charge >= 0.3 is 0 Å². The highest BCUT2D eigenvalue weighted by molar-refractivity contribution is 7.22. The van der Waals surface area contributed by atoms with Crippen LogP contribution in [-0.4, -0.2) is 23.0 Å². The van der Waals surface area contributed by atoms with E-state index in [4.69, 9.17) is 5.73 Å². The van der Waals surface area contributed by atoms with Gasteiger partial charge in [-0.25, -0.2) is 4.98 Å². The summed E-state index contributed by atoms with van der Waals surface area (Å²) in [5, 5.41) is 11.4. The van der Waals surface area contributed by atoms with Crippen molar-refractivity contribution in [2.24, 2.45) is 0 Å². The second-order valence-electron chi connectivity index (χ2n) is 4.28. The van der Waals surface area contributed by atoms with E-state index < -0.39 is 0 Å². The molecule has 1 aromatic heterocycles. The molecule has 0 amide bonds. The molecule has 2 N–H and O–H groups in total. The zero-order valence-corrected chi connectivity index (χ0v) is 10.4. The molecule has 1 aromatic carbocycles. The Morgan fingerprint density at radius 2 is 2.11 bits per heavy atom. The van der Waals surface area contributed by atoms with E-state index in [1.54, 1.807) is 12.1 Å². The van der Waals surface area contributed by atoms with Gasteiger partial charge in [0.05, 0.1) is 10.6 Å². The first kappa shape index (κ1) is 11.2. The number of benzene rings is 1. The lowest BCUT2D eigenvalue weighted by Gasteiger charge is -2.17. The van der Waals surface area contributed by atoms with Gasteiger partial charge in [-0.3, -0.25) is 10.1 Å². The summed E-state index contributed by atoms with van der Waals surface area (Å²) < 4.78 is 0.571. The molecule has 6 nitrogen and oxygen atoms in total. The van der Waals surface area contributed by atoms with Crippen molar-refractivity contribution >= 4 is 38.1 Å². The zero-order chi connectivity index (χ0) is 12.7. The third-order valence-electron chi connectivity index (χ3n) is 3.16. The summed E-state index contributed by atoms with van der Waals surface area (Å²) in [6, 6.07) is 3.33. The van der Waals surface area contributed by atoms with Gasteiger partial charge in [0, 0.05) is 19.2 Å². The third kappa shape index (κ3) is 1.67. The normalized spacial score (nSPS) is 15.4. The van der Waals surface area contributed by atoms with Gasteiger partial charge in [-0.05, 0) is 18.9 Å². The molecule has 0 atom stereocenters. The van der Waals surface area contributed by atoms with E-state index in [2.05, 4.69) is 9.88 Å². The summed E-state index contributed by atoms with van der Waals surface area (Å²) in [5.74, 6) is 0. The zero-order valence-electron chi connectivity index (χ0n) is 9.63. The van der Waals surface area contributed by atoms with Crippen LogP contribution in [0.3, 0.4) is 0 Å². The highest BCUT2D eigenvalue weighted by Crippen LogP contribution is 2.38. The topological polar surface area (TPSA) is 85.3 Å². The number of nitro groups is 1. The van der Waals surface area contributed by atoms with E-state index >= 15 is 0 Å². The molecule has 94 valence electrons. The summed E-state index contributed by atoms with van der Waals surface area (Å²) in [6.07, 6.45) is 2.30. The molecule has 1 fully saturated rings. The molecule has 3 rings (SSSR count). The Kier molecular flexibility index (Phi) is 2.55. The van der Waals surface area contributed by atoms with E-state index in [9.17, 15) is 10.1 Å². The van der Waals surface area contributed by atoms with Gasteiger partial charge in [0.2, 0.25) is 0 Å². The minimum Gasteiger partial charge on any atom is -0.375 e. The van der Waals surface area contributed by atoms with Crippen molar-refractivity contribution in [2.75, 3.05) is 23.7 Å². The van der Waals surface area contributed by atoms with Gasteiger partial charge in [-0.2, -0.15) is 0 Å². The number of anilines is 2. The Bertz CT molecular complexity index is 619. The van der Waals surface area contributed by atoms with Crippen LogP contribution in [0.2, 0.25) is 0 Å². The van der Waals surface area contributed by atoms with Crippen molar-refractivity contribution in [2.45, 2.75) is 12.8 Å². The Morgan fingerprint density at radius 3 is 2.78 bits per heavy atom. The van der Waals surface area contributed by atoms with Gasteiger partial charge in [-0.15, -0.1) is 0 Å². The van der Waals surface area contributed by atoms with Gasteiger partial charge in [-0.1, -0.05) is 11.3 Å². The number of nitrogens with two attached hydrogens (primary N) is 1. The Morgan fingerprint density at radius 1 is 1.39 bits per heavy atom. The molecule has 1 aliphatic rings. The second-order valence-corrected chi connectivity index (χ2v) is 5.32. The molecule has 18 heavy (non-hydrogen) atoms. The van der Waals surface area contributed by atoms with Crippen molar-refractivity contribution < 1.29 is 4.92 Å². The lowest BCUT2D eigenvalue weighted by molar-refractivity contribution is -0.382. The molecule has 0 bridgehead atoms. The van der Waals surface area contributed by atoms with Crippen LogP contribution >= 0.6 is 11.3 Å². The predicted octanol–water partition coefficient (Wildman–Crippen LogP) is 2.39. The number of nitrogens with zero attached hydrogens (tertiary/aromatic N) is 3. The molecule has 0 unspecified atom stereocenters. The van der Waals surface area contributed by atoms with Crippen LogP contribution in [0.4, 0.5) is 16.5 Å². The number of hydrogen-bond acceptors (Lipinski definition) is 6. The molecule has 2 aromatic rings. The van der Waals surface area contributed by atoms with Gasteiger partial charge in [0.15, 0.2) is 5.13 Å². The average molecular weight is 264 g/mol. The van der Waals surface area contributed by atoms with Crippen molar-refractivity contribution in [1.29, 1.82) is 0 Å². The molecule has 1 saturated heterocycles. The van der Waals surface area contributed by atoms with E-state index in [0.717, 1.165) is 31.6 Å². The molecular weight excluding hydrogens is 252 g/mol. The van der Waals surface area contributed by atoms with Crippen LogP contribution in [0.5, 0.6) is 0 Å². The van der Waals surface area contributed by atoms with Crippen LogP contribution in [0.25, 0.3) is 10.2 Å². The first-order chi connectivity index (χ1) is 8.66. The quantitative estimate of drug-likeness (QED) is 0.665. The lowest BCUT2D eigenvalue weighted by atomic mass is 10.2. The number of nitro benzene ring substituents is 1. The molecule has 2 heterocycles. The van der Waals surface area contributed by atoms with E-state index in [-0.39, 0.29) is 10.6 Å². The number of non-ortho nitro benzene ring substituents is 1. The van der Waals surface area contributed by atoms with Crippen molar-refractivity contribution in [3.8, 4) is 0 Å². The number of aromatic nitrogens is 1. The second kappa shape index (κ2) is 4.09. The first-order valence-electron chi connectivity index (χ1n) is 5.75. The van der Waals surface area contributed by atoms with Crippen LogP contribution < -0.4 is 10.6 Å². The summed E-state index contributed by atoms with van der Waals surface area (Å²) in [7, 11) is 0. The standard InChI is InChI=1S/C11H12N4O2S/c12-11-13-9-7(14-5-1-2-6-14)3-4-8(15(16)17)10(9)18-11/h3-4H,1-2,5-6H2,(H2,12,13). The average Bonchev–Trinajstić information content (AvgIpc) is 2.94. The fraction of sp³-hybridized carbons (Fsp3) is 0.364. The lowest BCUT2D eigenvalue weighted by Crippen LogP contribution is -2.17. The summed E-state index contributed by atoms with van der Waals surface area (Å²) in [6.45, 7) is 1.95. The van der Waals surface area contributed by atoms with Gasteiger partial charge in [0.25, 0.3) is 5.69 Å². The molecule has 7 heteroatoms. The Labute approximate surface area is 107 Å². The number of rotatable bonds is 2. The Hall–Kier alpha value is -1.89. The fourth-order valence-electron chi connectivity index (χ4n) is 2.35. The maximum absolute atomic E-state index is 11.0. The number of fused-ring (bicyclic) bond motifs is 1. The fourth-order valence-corrected chi connectivity index (χ4v) is 3.19. The monoisotopic (exact) mass is 264 g/mol. The largest absolute Gasteiger partial charge is 0.375 e. The predicted molar refractivity (Wildman–Crippen MR) is 72.1 cm³/mol. The Balaban J connectivity index is 2.22. The van der Waals surface area contributed by atoms with Crippen LogP contribution in [0.1, 0.15) is 12.8 Å². The number of nitrogen functional groups attached to an aromatic ring is 1. The minimum atomic E-state index is -0.381. The number of thiazole rings is 1. The van der Waals surface area contributed by atoms with Gasteiger partial charge < -0.3 is 10.6 Å². The van der Waals surface area contributed by atoms with E-state index in [1.165, 1.54) is 11.3 Å². The smallest absolute Gasteiger partial charge is 0.288 e. The van der Waals surface area contributed by atoms with E-state index in [1.807, 2.05) is 0 Å². The summed E-state index contributed by atoms with van der Waals surface area (Å²) in [4.78, 5) is 17.1. The molecule has 0 saturated carbocycles. The van der Waals surface area contributed by atoms with E-state index in [0.29, 0.717) is 15.3 Å². The summed E-state index contributed by atoms with van der Waals surface area (Å²) >= 11 is 1.18. The maximum atomic E-state index is 11.0. The summed E-state index contributed by atoms with van der Waals surface area (Å²) in [5.41, 5.74) is 7.40.